The Kier molecular flexibility index (Phi) is 4.14. The maximum atomic E-state index is 11.9. The highest BCUT2D eigenvalue weighted by Crippen LogP contribution is 2.35. The Morgan fingerprint density at radius 1 is 1.53 bits per heavy atom. The molecule has 98 valence electrons. The highest BCUT2D eigenvalue weighted by Gasteiger charge is 2.49. The van der Waals surface area contributed by atoms with Crippen molar-refractivity contribution in [1.29, 1.82) is 0 Å². The smallest absolute Gasteiger partial charge is 0.311 e. The Morgan fingerprint density at radius 2 is 2.12 bits per heavy atom. The largest absolute Gasteiger partial charge is 0.469 e. The Balaban J connectivity index is 2.79. The van der Waals surface area contributed by atoms with Gasteiger partial charge in [0.2, 0.25) is 5.91 Å². The van der Waals surface area contributed by atoms with Crippen LogP contribution in [0.4, 0.5) is 0 Å². The fourth-order valence-corrected chi connectivity index (χ4v) is 2.27. The van der Waals surface area contributed by atoms with E-state index in [2.05, 4.69) is 0 Å². The standard InChI is InChI=1S/C12H22N2O3/c1-12(2)9(11(16)17-5)8-10(15)14(12)7-6-13(3)4/h9H,6-8H2,1-5H3. The SMILES string of the molecule is COC(=O)C1CC(=O)N(CCN(C)C)C1(C)C. The first-order chi connectivity index (χ1) is 7.80. The van der Waals surface area contributed by atoms with Crippen LogP contribution >= 0.6 is 0 Å². The van der Waals surface area contributed by atoms with Gasteiger partial charge in [0.05, 0.1) is 18.6 Å². The summed E-state index contributed by atoms with van der Waals surface area (Å²) in [5.41, 5.74) is -0.458. The first-order valence-corrected chi connectivity index (χ1v) is 5.83. The molecule has 0 aromatic carbocycles. The topological polar surface area (TPSA) is 49.9 Å². The van der Waals surface area contributed by atoms with E-state index >= 15 is 0 Å². The second-order valence-electron chi connectivity index (χ2n) is 5.28. The van der Waals surface area contributed by atoms with Gasteiger partial charge in [0.1, 0.15) is 0 Å². The number of likely N-dealkylation sites (tertiary alicyclic amines) is 1. The van der Waals surface area contributed by atoms with Crippen molar-refractivity contribution < 1.29 is 14.3 Å². The fourth-order valence-electron chi connectivity index (χ4n) is 2.27. The third-order valence-electron chi connectivity index (χ3n) is 3.48. The van der Waals surface area contributed by atoms with Crippen molar-refractivity contribution in [2.75, 3.05) is 34.3 Å². The minimum atomic E-state index is -0.458. The zero-order valence-electron chi connectivity index (χ0n) is 11.3. The lowest BCUT2D eigenvalue weighted by molar-refractivity contribution is -0.148. The number of carbonyl (C=O) groups is 2. The summed E-state index contributed by atoms with van der Waals surface area (Å²) >= 11 is 0. The number of carbonyl (C=O) groups excluding carboxylic acids is 2. The first kappa shape index (κ1) is 14.0. The average Bonchev–Trinajstić information content (AvgIpc) is 2.45. The second-order valence-corrected chi connectivity index (χ2v) is 5.28. The number of nitrogens with zero attached hydrogens (tertiary/aromatic N) is 2. The average molecular weight is 242 g/mol. The van der Waals surface area contributed by atoms with Crippen molar-refractivity contribution >= 4 is 11.9 Å². The molecule has 0 spiro atoms. The molecule has 0 bridgehead atoms. The monoisotopic (exact) mass is 242 g/mol. The number of ether oxygens (including phenoxy) is 1. The molecule has 5 nitrogen and oxygen atoms in total. The Morgan fingerprint density at radius 3 is 2.59 bits per heavy atom. The van der Waals surface area contributed by atoms with Crippen LogP contribution in [0.5, 0.6) is 0 Å². The van der Waals surface area contributed by atoms with Crippen molar-refractivity contribution in [1.82, 2.24) is 9.80 Å². The summed E-state index contributed by atoms with van der Waals surface area (Å²) in [4.78, 5) is 27.4. The normalized spacial score (nSPS) is 23.3. The van der Waals surface area contributed by atoms with Crippen molar-refractivity contribution in [3.8, 4) is 0 Å². The summed E-state index contributed by atoms with van der Waals surface area (Å²) in [7, 11) is 5.29. The van der Waals surface area contributed by atoms with Crippen LogP contribution in [-0.4, -0.2) is 61.5 Å². The second kappa shape index (κ2) is 5.04. The molecule has 0 aromatic heterocycles. The maximum absolute atomic E-state index is 11.9. The van der Waals surface area contributed by atoms with Crippen LogP contribution in [0, 0.1) is 5.92 Å². The summed E-state index contributed by atoms with van der Waals surface area (Å²) in [5, 5.41) is 0. The van der Waals surface area contributed by atoms with Gasteiger partial charge in [-0.2, -0.15) is 0 Å². The number of likely N-dealkylation sites (N-methyl/N-ethyl adjacent to an activating group) is 1. The van der Waals surface area contributed by atoms with E-state index in [4.69, 9.17) is 4.74 Å². The minimum Gasteiger partial charge on any atom is -0.469 e. The van der Waals surface area contributed by atoms with Crippen molar-refractivity contribution in [3.63, 3.8) is 0 Å². The molecule has 1 rings (SSSR count). The molecule has 1 heterocycles. The predicted molar refractivity (Wildman–Crippen MR) is 64.5 cm³/mol. The number of hydrogen-bond acceptors (Lipinski definition) is 4. The molecular formula is C12H22N2O3. The van der Waals surface area contributed by atoms with E-state index in [1.165, 1.54) is 7.11 Å². The molecule has 1 unspecified atom stereocenters. The van der Waals surface area contributed by atoms with Crippen LogP contribution in [0.3, 0.4) is 0 Å². The van der Waals surface area contributed by atoms with Gasteiger partial charge >= 0.3 is 5.97 Å². The van der Waals surface area contributed by atoms with Crippen molar-refractivity contribution in [2.24, 2.45) is 5.92 Å². The quantitative estimate of drug-likeness (QED) is 0.667. The highest BCUT2D eigenvalue weighted by molar-refractivity contribution is 5.88. The van der Waals surface area contributed by atoms with E-state index in [-0.39, 0.29) is 24.2 Å². The number of amides is 1. The number of methoxy groups -OCH3 is 1. The summed E-state index contributed by atoms with van der Waals surface area (Å²) in [6.45, 7) is 5.29. The van der Waals surface area contributed by atoms with E-state index < -0.39 is 5.54 Å². The molecule has 1 aliphatic heterocycles. The molecule has 0 N–H and O–H groups in total. The van der Waals surface area contributed by atoms with Crippen molar-refractivity contribution in [3.05, 3.63) is 0 Å². The minimum absolute atomic E-state index is 0.0345. The molecule has 0 saturated carbocycles. The van der Waals surface area contributed by atoms with Gasteiger partial charge in [-0.25, -0.2) is 0 Å². The molecule has 1 saturated heterocycles. The van der Waals surface area contributed by atoms with Crippen LogP contribution in [-0.2, 0) is 14.3 Å². The molecular weight excluding hydrogens is 220 g/mol. The Labute approximate surface area is 103 Å². The summed E-state index contributed by atoms with van der Waals surface area (Å²) < 4.78 is 4.76. The molecule has 1 aliphatic rings. The lowest BCUT2D eigenvalue weighted by Gasteiger charge is -2.35. The van der Waals surface area contributed by atoms with E-state index in [9.17, 15) is 9.59 Å². The van der Waals surface area contributed by atoms with Gasteiger partial charge in [-0.3, -0.25) is 9.59 Å². The van der Waals surface area contributed by atoms with Gasteiger partial charge in [-0.05, 0) is 27.9 Å². The molecule has 1 atom stereocenters. The molecule has 0 aliphatic carbocycles. The summed E-state index contributed by atoms with van der Waals surface area (Å²) in [6.07, 6.45) is 0.257. The predicted octanol–water partition coefficient (Wildman–Crippen LogP) is 0.348. The van der Waals surface area contributed by atoms with Crippen LogP contribution in [0.25, 0.3) is 0 Å². The Hall–Kier alpha value is -1.10. The van der Waals surface area contributed by atoms with Crippen molar-refractivity contribution in [2.45, 2.75) is 25.8 Å². The van der Waals surface area contributed by atoms with E-state index in [1.54, 1.807) is 4.90 Å². The molecule has 1 fully saturated rings. The van der Waals surface area contributed by atoms with Gasteiger partial charge in [-0.15, -0.1) is 0 Å². The molecule has 17 heavy (non-hydrogen) atoms. The Bertz CT molecular complexity index is 313. The van der Waals surface area contributed by atoms with Crippen LogP contribution in [0.2, 0.25) is 0 Å². The first-order valence-electron chi connectivity index (χ1n) is 5.83. The van der Waals surface area contributed by atoms with E-state index in [0.717, 1.165) is 6.54 Å². The van der Waals surface area contributed by atoms with E-state index in [1.807, 2.05) is 32.8 Å². The third kappa shape index (κ3) is 2.77. The molecule has 1 amide bonds. The van der Waals surface area contributed by atoms with Gasteiger partial charge in [0, 0.05) is 19.5 Å². The van der Waals surface area contributed by atoms with Crippen LogP contribution in [0.15, 0.2) is 0 Å². The number of rotatable bonds is 4. The fraction of sp³-hybridized carbons (Fsp3) is 0.833. The molecule has 0 radical (unpaired) electrons. The number of hydrogen-bond donors (Lipinski definition) is 0. The summed E-state index contributed by atoms with van der Waals surface area (Å²) in [5.74, 6) is -0.620. The lowest BCUT2D eigenvalue weighted by atomic mass is 9.88. The van der Waals surface area contributed by atoms with Gasteiger partial charge in [-0.1, -0.05) is 0 Å². The zero-order valence-corrected chi connectivity index (χ0v) is 11.3. The van der Waals surface area contributed by atoms with Gasteiger partial charge in [0.15, 0.2) is 0 Å². The molecule has 0 aromatic rings. The number of esters is 1. The van der Waals surface area contributed by atoms with Crippen LogP contribution in [0.1, 0.15) is 20.3 Å². The lowest BCUT2D eigenvalue weighted by Crippen LogP contribution is -2.48. The summed E-state index contributed by atoms with van der Waals surface area (Å²) in [6, 6.07) is 0. The maximum Gasteiger partial charge on any atom is 0.311 e. The third-order valence-corrected chi connectivity index (χ3v) is 3.48. The van der Waals surface area contributed by atoms with Gasteiger partial charge < -0.3 is 14.5 Å². The van der Waals surface area contributed by atoms with Gasteiger partial charge in [0.25, 0.3) is 0 Å². The highest BCUT2D eigenvalue weighted by atomic mass is 16.5. The van der Waals surface area contributed by atoms with E-state index in [0.29, 0.717) is 6.54 Å². The van der Waals surface area contributed by atoms with Crippen LogP contribution < -0.4 is 0 Å². The molecule has 5 heteroatoms. The zero-order chi connectivity index (χ0) is 13.2.